The molecule has 1 heterocycles. The van der Waals surface area contributed by atoms with Crippen LogP contribution in [0.1, 0.15) is 37.1 Å². The van der Waals surface area contributed by atoms with Crippen LogP contribution >= 0.6 is 0 Å². The maximum absolute atomic E-state index is 12.4. The number of aliphatic hydroxyl groups is 1. The lowest BCUT2D eigenvalue weighted by molar-refractivity contribution is 0.170. The minimum absolute atomic E-state index is 0.0119. The summed E-state index contributed by atoms with van der Waals surface area (Å²) in [6.45, 7) is 4.30. The summed E-state index contributed by atoms with van der Waals surface area (Å²) in [5.74, 6) is 0.786. The summed E-state index contributed by atoms with van der Waals surface area (Å²) in [7, 11) is 0. The highest BCUT2D eigenvalue weighted by molar-refractivity contribution is 5.82. The molecule has 1 saturated carbocycles. The van der Waals surface area contributed by atoms with Crippen molar-refractivity contribution < 1.29 is 14.3 Å². The first-order chi connectivity index (χ1) is 10.6. The molecule has 1 aliphatic carbocycles. The van der Waals surface area contributed by atoms with Gasteiger partial charge >= 0.3 is 6.03 Å². The van der Waals surface area contributed by atoms with Crippen molar-refractivity contribution in [3.05, 3.63) is 35.6 Å². The predicted octanol–water partition coefficient (Wildman–Crippen LogP) is 2.97. The average Bonchev–Trinajstić information content (AvgIpc) is 3.29. The highest BCUT2D eigenvalue weighted by Crippen LogP contribution is 2.30. The number of nitrogens with one attached hydrogen (secondary N) is 1. The van der Waals surface area contributed by atoms with E-state index in [2.05, 4.69) is 5.32 Å². The number of para-hydroxylation sites is 1. The summed E-state index contributed by atoms with van der Waals surface area (Å²) in [6.07, 6.45) is 2.04. The van der Waals surface area contributed by atoms with Crippen LogP contribution in [-0.2, 0) is 0 Å². The summed E-state index contributed by atoms with van der Waals surface area (Å²) >= 11 is 0. The summed E-state index contributed by atoms with van der Waals surface area (Å²) in [5.41, 5.74) is 1.90. The van der Waals surface area contributed by atoms with Gasteiger partial charge in [0.2, 0.25) is 0 Å². The fraction of sp³-hybridized carbons (Fsp3) is 0.471. The number of aryl methyl sites for hydroxylation is 1. The first kappa shape index (κ1) is 14.9. The fourth-order valence-corrected chi connectivity index (χ4v) is 2.88. The molecule has 118 valence electrons. The number of nitrogens with zero attached hydrogens (tertiary/aromatic N) is 1. The molecule has 5 nitrogen and oxygen atoms in total. The zero-order valence-corrected chi connectivity index (χ0v) is 13.0. The Bertz CT molecular complexity index is 676. The van der Waals surface area contributed by atoms with Gasteiger partial charge in [0.15, 0.2) is 0 Å². The van der Waals surface area contributed by atoms with Crippen LogP contribution in [-0.4, -0.2) is 35.2 Å². The van der Waals surface area contributed by atoms with Gasteiger partial charge in [-0.15, -0.1) is 0 Å². The van der Waals surface area contributed by atoms with Crippen molar-refractivity contribution >= 4 is 17.0 Å². The van der Waals surface area contributed by atoms with Crippen molar-refractivity contribution in [3.63, 3.8) is 0 Å². The molecule has 1 atom stereocenters. The Hall–Kier alpha value is -2.01. The average molecular weight is 302 g/mol. The van der Waals surface area contributed by atoms with E-state index < -0.39 is 0 Å². The largest absolute Gasteiger partial charge is 0.459 e. The lowest BCUT2D eigenvalue weighted by Crippen LogP contribution is -2.43. The van der Waals surface area contributed by atoms with Gasteiger partial charge in [-0.1, -0.05) is 18.2 Å². The Kier molecular flexibility index (Phi) is 4.07. The Balaban J connectivity index is 1.76. The maximum atomic E-state index is 12.4. The fourth-order valence-electron chi connectivity index (χ4n) is 2.88. The first-order valence-electron chi connectivity index (χ1n) is 7.78. The molecule has 2 aromatic rings. The zero-order chi connectivity index (χ0) is 15.7. The minimum atomic E-state index is -0.208. The summed E-state index contributed by atoms with van der Waals surface area (Å²) in [6, 6.07) is 7.80. The molecule has 0 aliphatic heterocycles. The molecule has 2 N–H and O–H groups in total. The number of amides is 2. The van der Waals surface area contributed by atoms with E-state index in [0.29, 0.717) is 6.54 Å². The molecule has 2 amide bonds. The van der Waals surface area contributed by atoms with Gasteiger partial charge < -0.3 is 19.7 Å². The van der Waals surface area contributed by atoms with Crippen molar-refractivity contribution in [1.82, 2.24) is 10.2 Å². The smallest absolute Gasteiger partial charge is 0.318 e. The van der Waals surface area contributed by atoms with Crippen LogP contribution in [0.25, 0.3) is 11.0 Å². The van der Waals surface area contributed by atoms with Crippen molar-refractivity contribution in [3.8, 4) is 0 Å². The van der Waals surface area contributed by atoms with E-state index >= 15 is 0 Å². The SMILES string of the molecule is Cc1c(C(C)NC(=O)N(CCO)C2CC2)oc2ccccc12. The zero-order valence-electron chi connectivity index (χ0n) is 13.0. The molecule has 0 spiro atoms. The third kappa shape index (κ3) is 2.81. The molecule has 0 bridgehead atoms. The van der Waals surface area contributed by atoms with Crippen LogP contribution in [0.2, 0.25) is 0 Å². The lowest BCUT2D eigenvalue weighted by Gasteiger charge is -2.24. The molecule has 0 radical (unpaired) electrons. The Morgan fingerprint density at radius 3 is 2.82 bits per heavy atom. The van der Waals surface area contributed by atoms with Gasteiger partial charge in [0.1, 0.15) is 11.3 Å². The number of aliphatic hydroxyl groups excluding tert-OH is 1. The number of hydrogen-bond acceptors (Lipinski definition) is 3. The van der Waals surface area contributed by atoms with E-state index in [1.165, 1.54) is 0 Å². The summed E-state index contributed by atoms with van der Waals surface area (Å²) in [4.78, 5) is 14.1. The molecular formula is C17H22N2O3. The molecule has 1 aromatic carbocycles. The van der Waals surface area contributed by atoms with E-state index in [0.717, 1.165) is 35.1 Å². The van der Waals surface area contributed by atoms with Crippen LogP contribution in [0, 0.1) is 6.92 Å². The third-order valence-corrected chi connectivity index (χ3v) is 4.20. The number of furan rings is 1. The molecule has 3 rings (SSSR count). The van der Waals surface area contributed by atoms with E-state index in [9.17, 15) is 4.79 Å². The minimum Gasteiger partial charge on any atom is -0.459 e. The molecular weight excluding hydrogens is 280 g/mol. The summed E-state index contributed by atoms with van der Waals surface area (Å²) < 4.78 is 5.89. The highest BCUT2D eigenvalue weighted by Gasteiger charge is 2.33. The van der Waals surface area contributed by atoms with Gasteiger partial charge in [-0.2, -0.15) is 0 Å². The standard InChI is InChI=1S/C17H22N2O3/c1-11-14-5-3-4-6-15(14)22-16(11)12(2)18-17(21)19(9-10-20)13-7-8-13/h3-6,12-13,20H,7-10H2,1-2H3,(H,18,21). The topological polar surface area (TPSA) is 65.7 Å². The second kappa shape index (κ2) is 6.01. The van der Waals surface area contributed by atoms with Gasteiger partial charge in [-0.25, -0.2) is 4.79 Å². The third-order valence-electron chi connectivity index (χ3n) is 4.20. The second-order valence-corrected chi connectivity index (χ2v) is 5.91. The maximum Gasteiger partial charge on any atom is 0.318 e. The number of fused-ring (bicyclic) bond motifs is 1. The molecule has 5 heteroatoms. The highest BCUT2D eigenvalue weighted by atomic mass is 16.3. The van der Waals surface area contributed by atoms with Gasteiger partial charge in [0.25, 0.3) is 0 Å². The molecule has 22 heavy (non-hydrogen) atoms. The van der Waals surface area contributed by atoms with Crippen LogP contribution in [0.3, 0.4) is 0 Å². The number of carbonyl (C=O) groups is 1. The van der Waals surface area contributed by atoms with Gasteiger partial charge in [0.05, 0.1) is 12.6 Å². The van der Waals surface area contributed by atoms with Crippen LogP contribution in [0.4, 0.5) is 4.79 Å². The van der Waals surface area contributed by atoms with E-state index in [1.807, 2.05) is 38.1 Å². The lowest BCUT2D eigenvalue weighted by atomic mass is 10.1. The summed E-state index contributed by atoms with van der Waals surface area (Å²) in [5, 5.41) is 13.2. The van der Waals surface area contributed by atoms with Crippen molar-refractivity contribution in [2.45, 2.75) is 38.8 Å². The van der Waals surface area contributed by atoms with Crippen molar-refractivity contribution in [2.75, 3.05) is 13.2 Å². The normalized spacial score (nSPS) is 15.8. The first-order valence-corrected chi connectivity index (χ1v) is 7.78. The predicted molar refractivity (Wildman–Crippen MR) is 84.7 cm³/mol. The number of urea groups is 1. The van der Waals surface area contributed by atoms with Crippen LogP contribution < -0.4 is 5.32 Å². The molecule has 1 unspecified atom stereocenters. The number of rotatable bonds is 5. The molecule has 0 saturated heterocycles. The number of hydrogen-bond donors (Lipinski definition) is 2. The van der Waals surface area contributed by atoms with Gasteiger partial charge in [0, 0.05) is 23.5 Å². The monoisotopic (exact) mass is 302 g/mol. The van der Waals surface area contributed by atoms with Crippen LogP contribution in [0.15, 0.2) is 28.7 Å². The van der Waals surface area contributed by atoms with E-state index in [-0.39, 0.29) is 24.7 Å². The van der Waals surface area contributed by atoms with Crippen molar-refractivity contribution in [1.29, 1.82) is 0 Å². The van der Waals surface area contributed by atoms with Gasteiger partial charge in [-0.3, -0.25) is 0 Å². The quantitative estimate of drug-likeness (QED) is 0.892. The van der Waals surface area contributed by atoms with E-state index in [1.54, 1.807) is 4.90 Å². The molecule has 1 fully saturated rings. The van der Waals surface area contributed by atoms with Crippen molar-refractivity contribution in [2.24, 2.45) is 0 Å². The molecule has 1 aromatic heterocycles. The Labute approximate surface area is 129 Å². The van der Waals surface area contributed by atoms with E-state index in [4.69, 9.17) is 9.52 Å². The Morgan fingerprint density at radius 2 is 2.18 bits per heavy atom. The number of carbonyl (C=O) groups excluding carboxylic acids is 1. The number of benzene rings is 1. The molecule has 1 aliphatic rings. The second-order valence-electron chi connectivity index (χ2n) is 5.91. The van der Waals surface area contributed by atoms with Crippen LogP contribution in [0.5, 0.6) is 0 Å². The Morgan fingerprint density at radius 1 is 1.45 bits per heavy atom. The van der Waals surface area contributed by atoms with Gasteiger partial charge in [-0.05, 0) is 32.8 Å².